The van der Waals surface area contributed by atoms with E-state index in [0.717, 1.165) is 0 Å². The van der Waals surface area contributed by atoms with E-state index in [-0.39, 0.29) is 24.6 Å². The number of rotatable bonds is 4. The van der Waals surface area contributed by atoms with Crippen molar-refractivity contribution >= 4 is 17.7 Å². The van der Waals surface area contributed by atoms with E-state index in [1.54, 1.807) is 20.8 Å². The van der Waals surface area contributed by atoms with E-state index in [1.807, 2.05) is 0 Å². The third-order valence-electron chi connectivity index (χ3n) is 2.08. The maximum absolute atomic E-state index is 11.6. The van der Waals surface area contributed by atoms with E-state index in [4.69, 9.17) is 9.84 Å². The van der Waals surface area contributed by atoms with Gasteiger partial charge in [-0.15, -0.1) is 0 Å². The standard InChI is InChI=1S/C12H19N3O4/c1-8(17)9-7-10(15(14-9)5-6-16)13-11(18)19-12(2,3)4/h7,16H,5-6H2,1-4H3,(H,13,18). The maximum atomic E-state index is 11.6. The lowest BCUT2D eigenvalue weighted by Crippen LogP contribution is -2.28. The van der Waals surface area contributed by atoms with Crippen LogP contribution in [0.25, 0.3) is 0 Å². The zero-order chi connectivity index (χ0) is 14.6. The summed E-state index contributed by atoms with van der Waals surface area (Å²) in [4.78, 5) is 22.9. The van der Waals surface area contributed by atoms with Crippen molar-refractivity contribution in [1.82, 2.24) is 9.78 Å². The molecular weight excluding hydrogens is 250 g/mol. The molecule has 1 rings (SSSR count). The summed E-state index contributed by atoms with van der Waals surface area (Å²) in [5.41, 5.74) is -0.394. The van der Waals surface area contributed by atoms with Crippen molar-refractivity contribution in [1.29, 1.82) is 0 Å². The van der Waals surface area contributed by atoms with Crippen LogP contribution >= 0.6 is 0 Å². The molecule has 2 N–H and O–H groups in total. The molecule has 0 fully saturated rings. The molecule has 1 amide bonds. The number of anilines is 1. The van der Waals surface area contributed by atoms with Crippen LogP contribution in [0.3, 0.4) is 0 Å². The van der Waals surface area contributed by atoms with Crippen molar-refractivity contribution in [3.05, 3.63) is 11.8 Å². The smallest absolute Gasteiger partial charge is 0.413 e. The fraction of sp³-hybridized carbons (Fsp3) is 0.583. The van der Waals surface area contributed by atoms with E-state index >= 15 is 0 Å². The van der Waals surface area contributed by atoms with Gasteiger partial charge in [0.25, 0.3) is 0 Å². The molecule has 7 heteroatoms. The lowest BCUT2D eigenvalue weighted by molar-refractivity contribution is 0.0634. The van der Waals surface area contributed by atoms with Crippen molar-refractivity contribution in [3.8, 4) is 0 Å². The van der Waals surface area contributed by atoms with E-state index in [2.05, 4.69) is 10.4 Å². The Bertz CT molecular complexity index is 474. The van der Waals surface area contributed by atoms with Gasteiger partial charge in [-0.1, -0.05) is 0 Å². The second-order valence-electron chi connectivity index (χ2n) is 5.04. The van der Waals surface area contributed by atoms with Gasteiger partial charge < -0.3 is 9.84 Å². The first-order chi connectivity index (χ1) is 8.73. The predicted octanol–water partition coefficient (Wildman–Crippen LogP) is 1.42. The van der Waals surface area contributed by atoms with Crippen LogP contribution in [0.15, 0.2) is 6.07 Å². The number of carbonyl (C=O) groups excluding carboxylic acids is 2. The summed E-state index contributed by atoms with van der Waals surface area (Å²) in [5, 5.41) is 15.4. The molecule has 0 bridgehead atoms. The molecular formula is C12H19N3O4. The molecule has 1 aromatic heterocycles. The van der Waals surface area contributed by atoms with Gasteiger partial charge in [-0.05, 0) is 20.8 Å². The number of amides is 1. The first-order valence-electron chi connectivity index (χ1n) is 5.92. The molecule has 0 aliphatic carbocycles. The highest BCUT2D eigenvalue weighted by atomic mass is 16.6. The number of nitrogens with one attached hydrogen (secondary N) is 1. The molecule has 106 valence electrons. The topological polar surface area (TPSA) is 93.5 Å². The van der Waals surface area contributed by atoms with Crippen LogP contribution in [0.4, 0.5) is 10.6 Å². The number of hydrogen-bond acceptors (Lipinski definition) is 5. The van der Waals surface area contributed by atoms with Gasteiger partial charge in [0.15, 0.2) is 5.78 Å². The van der Waals surface area contributed by atoms with Crippen LogP contribution in [0.2, 0.25) is 0 Å². The maximum Gasteiger partial charge on any atom is 0.413 e. The van der Waals surface area contributed by atoms with E-state index < -0.39 is 11.7 Å². The lowest BCUT2D eigenvalue weighted by Gasteiger charge is -2.19. The Labute approximate surface area is 111 Å². The summed E-state index contributed by atoms with van der Waals surface area (Å²) in [6.07, 6.45) is -0.637. The van der Waals surface area contributed by atoms with Crippen molar-refractivity contribution in [2.75, 3.05) is 11.9 Å². The SMILES string of the molecule is CC(=O)c1cc(NC(=O)OC(C)(C)C)n(CCO)n1. The van der Waals surface area contributed by atoms with Crippen LogP contribution in [0, 0.1) is 0 Å². The van der Waals surface area contributed by atoms with Crippen molar-refractivity contribution < 1.29 is 19.4 Å². The highest BCUT2D eigenvalue weighted by Crippen LogP contribution is 2.14. The molecule has 0 aliphatic rings. The van der Waals surface area contributed by atoms with Crippen LogP contribution in [0.1, 0.15) is 38.2 Å². The van der Waals surface area contributed by atoms with Crippen molar-refractivity contribution in [2.45, 2.75) is 39.8 Å². The molecule has 0 aliphatic heterocycles. The molecule has 1 heterocycles. The van der Waals surface area contributed by atoms with Crippen LogP contribution in [0.5, 0.6) is 0 Å². The number of carbonyl (C=O) groups is 2. The molecule has 0 saturated carbocycles. The molecule has 0 aromatic carbocycles. The lowest BCUT2D eigenvalue weighted by atomic mass is 10.2. The molecule has 0 spiro atoms. The van der Waals surface area contributed by atoms with E-state index in [1.165, 1.54) is 17.7 Å². The second-order valence-corrected chi connectivity index (χ2v) is 5.04. The number of aliphatic hydroxyl groups is 1. The summed E-state index contributed by atoms with van der Waals surface area (Å²) in [7, 11) is 0. The average Bonchev–Trinajstić information content (AvgIpc) is 2.59. The summed E-state index contributed by atoms with van der Waals surface area (Å²) in [6, 6.07) is 1.45. The number of ether oxygens (including phenoxy) is 1. The zero-order valence-corrected chi connectivity index (χ0v) is 11.6. The third-order valence-corrected chi connectivity index (χ3v) is 2.08. The fourth-order valence-corrected chi connectivity index (χ4v) is 1.36. The minimum Gasteiger partial charge on any atom is -0.444 e. The van der Waals surface area contributed by atoms with Gasteiger partial charge >= 0.3 is 6.09 Å². The minimum absolute atomic E-state index is 0.151. The number of nitrogens with zero attached hydrogens (tertiary/aromatic N) is 2. The molecule has 19 heavy (non-hydrogen) atoms. The van der Waals surface area contributed by atoms with Crippen LogP contribution in [-0.2, 0) is 11.3 Å². The predicted molar refractivity (Wildman–Crippen MR) is 69.2 cm³/mol. The Morgan fingerprint density at radius 1 is 1.47 bits per heavy atom. The average molecular weight is 269 g/mol. The Balaban J connectivity index is 2.86. The first kappa shape index (κ1) is 15.2. The highest BCUT2D eigenvalue weighted by molar-refractivity contribution is 5.94. The molecule has 0 radical (unpaired) electrons. The summed E-state index contributed by atoms with van der Waals surface area (Å²) in [6.45, 7) is 6.65. The van der Waals surface area contributed by atoms with Crippen LogP contribution < -0.4 is 5.32 Å². The summed E-state index contributed by atoms with van der Waals surface area (Å²) in [5.74, 6) is 0.0948. The highest BCUT2D eigenvalue weighted by Gasteiger charge is 2.19. The molecule has 0 unspecified atom stereocenters. The zero-order valence-electron chi connectivity index (χ0n) is 11.6. The largest absolute Gasteiger partial charge is 0.444 e. The molecule has 0 atom stereocenters. The monoisotopic (exact) mass is 269 g/mol. The van der Waals surface area contributed by atoms with Gasteiger partial charge in [-0.25, -0.2) is 9.48 Å². The van der Waals surface area contributed by atoms with E-state index in [9.17, 15) is 9.59 Å². The van der Waals surface area contributed by atoms with Gasteiger partial charge in [-0.3, -0.25) is 10.1 Å². The van der Waals surface area contributed by atoms with Gasteiger partial charge in [0.1, 0.15) is 17.1 Å². The van der Waals surface area contributed by atoms with Gasteiger partial charge in [0, 0.05) is 13.0 Å². The van der Waals surface area contributed by atoms with Gasteiger partial charge in [0.05, 0.1) is 13.2 Å². The molecule has 7 nitrogen and oxygen atoms in total. The number of aliphatic hydroxyl groups excluding tert-OH is 1. The Hall–Kier alpha value is -1.89. The normalized spacial score (nSPS) is 11.2. The first-order valence-corrected chi connectivity index (χ1v) is 5.92. The van der Waals surface area contributed by atoms with Gasteiger partial charge in [-0.2, -0.15) is 5.10 Å². The molecule has 1 aromatic rings. The third kappa shape index (κ3) is 4.70. The number of hydrogen-bond donors (Lipinski definition) is 2. The molecule has 0 saturated heterocycles. The number of Topliss-reactive ketones (excluding diaryl/α,β-unsaturated/α-hetero) is 1. The van der Waals surface area contributed by atoms with E-state index in [0.29, 0.717) is 5.82 Å². The Morgan fingerprint density at radius 2 is 2.11 bits per heavy atom. The number of aromatic nitrogens is 2. The van der Waals surface area contributed by atoms with Crippen LogP contribution in [-0.4, -0.2) is 39.0 Å². The van der Waals surface area contributed by atoms with Crippen molar-refractivity contribution in [3.63, 3.8) is 0 Å². The second kappa shape index (κ2) is 5.83. The Kier molecular flexibility index (Phi) is 4.66. The quantitative estimate of drug-likeness (QED) is 0.806. The van der Waals surface area contributed by atoms with Gasteiger partial charge in [0.2, 0.25) is 0 Å². The van der Waals surface area contributed by atoms with Crippen molar-refractivity contribution in [2.24, 2.45) is 0 Å². The summed E-state index contributed by atoms with van der Waals surface area (Å²) < 4.78 is 6.45. The fourth-order valence-electron chi connectivity index (χ4n) is 1.36. The summed E-state index contributed by atoms with van der Waals surface area (Å²) >= 11 is 0. The number of ketones is 1. The minimum atomic E-state index is -0.637. The Morgan fingerprint density at radius 3 is 2.58 bits per heavy atom.